The van der Waals surface area contributed by atoms with Gasteiger partial charge in [0.1, 0.15) is 0 Å². The van der Waals surface area contributed by atoms with Gasteiger partial charge in [-0.15, -0.1) is 0 Å². The van der Waals surface area contributed by atoms with E-state index in [4.69, 9.17) is 0 Å². The van der Waals surface area contributed by atoms with Crippen molar-refractivity contribution in [3.05, 3.63) is 82.6 Å². The number of aryl methyl sites for hydroxylation is 1. The second-order valence-corrected chi connectivity index (χ2v) is 8.71. The first-order chi connectivity index (χ1) is 13.9. The highest BCUT2D eigenvalue weighted by atomic mass is 32.1. The fraction of sp³-hybridized carbons (Fsp3) is 0.333. The van der Waals surface area contributed by atoms with E-state index in [1.165, 1.54) is 66.5 Å². The Hall–Kier alpha value is -2.12. The molecule has 0 saturated heterocycles. The van der Waals surface area contributed by atoms with Gasteiger partial charge in [0, 0.05) is 0 Å². The lowest BCUT2D eigenvalue weighted by Crippen LogP contribution is -2.10. The third-order valence-corrected chi connectivity index (χ3v) is 6.70. The molecular formula is C27H30S. The predicted molar refractivity (Wildman–Crippen MR) is 126 cm³/mol. The molecule has 4 aromatic rings. The number of hydrogen-bond donors (Lipinski definition) is 0. The fourth-order valence-corrected chi connectivity index (χ4v) is 5.13. The molecule has 0 bridgehead atoms. The van der Waals surface area contributed by atoms with Gasteiger partial charge in [-0.05, 0) is 75.0 Å². The average Bonchev–Trinajstić information content (AvgIpc) is 3.34. The molecule has 1 heteroatoms. The van der Waals surface area contributed by atoms with Crippen molar-refractivity contribution < 1.29 is 0 Å². The van der Waals surface area contributed by atoms with E-state index in [-0.39, 0.29) is 0 Å². The maximum atomic E-state index is 2.44. The van der Waals surface area contributed by atoms with Crippen LogP contribution in [-0.2, 0) is 6.42 Å². The van der Waals surface area contributed by atoms with Crippen LogP contribution in [0.25, 0.3) is 21.5 Å². The largest absolute Gasteiger partial charge is 0.152 e. The monoisotopic (exact) mass is 386 g/mol. The summed E-state index contributed by atoms with van der Waals surface area (Å²) in [5, 5.41) is 9.79. The molecule has 0 fully saturated rings. The Morgan fingerprint density at radius 1 is 0.821 bits per heavy atom. The van der Waals surface area contributed by atoms with Gasteiger partial charge < -0.3 is 0 Å². The van der Waals surface area contributed by atoms with Crippen molar-refractivity contribution in [1.29, 1.82) is 0 Å². The summed E-state index contributed by atoms with van der Waals surface area (Å²) in [6.45, 7) is 2.30. The number of benzene rings is 3. The van der Waals surface area contributed by atoms with E-state index in [0.29, 0.717) is 0 Å². The van der Waals surface area contributed by atoms with Gasteiger partial charge in [0.15, 0.2) is 0 Å². The van der Waals surface area contributed by atoms with Crippen LogP contribution in [0.3, 0.4) is 0 Å². The predicted octanol–water partition coefficient (Wildman–Crippen LogP) is 8.74. The van der Waals surface area contributed by atoms with Crippen molar-refractivity contribution >= 4 is 32.9 Å². The van der Waals surface area contributed by atoms with E-state index in [0.717, 1.165) is 5.92 Å². The molecule has 0 spiro atoms. The standard InChI is InChI=1S/C23H26.C4H4S/c1-2-3-4-8-17-10-7-12-21-20(17)15-16-22-19-11-6-5-9-18(19)13-14-23(21)22;1-2-4-5-3-1/h5-6,9,11,13-17H,2-4,7-8,10,12H2,1H3;1-4H. The molecule has 1 aliphatic carbocycles. The first kappa shape index (κ1) is 19.2. The van der Waals surface area contributed by atoms with Gasteiger partial charge in [0.25, 0.3) is 0 Å². The van der Waals surface area contributed by atoms with Gasteiger partial charge >= 0.3 is 0 Å². The van der Waals surface area contributed by atoms with Crippen LogP contribution in [-0.4, -0.2) is 0 Å². The third-order valence-electron chi connectivity index (χ3n) is 6.07. The lowest BCUT2D eigenvalue weighted by atomic mass is 9.78. The Kier molecular flexibility index (Phi) is 6.44. The van der Waals surface area contributed by atoms with Crippen molar-refractivity contribution in [2.45, 2.75) is 57.8 Å². The smallest absolute Gasteiger partial charge is 0.00934 e. The van der Waals surface area contributed by atoms with Crippen LogP contribution in [0.1, 0.15) is 62.5 Å². The summed E-state index contributed by atoms with van der Waals surface area (Å²) in [5.41, 5.74) is 3.29. The number of thiophene rings is 1. The van der Waals surface area contributed by atoms with Crippen molar-refractivity contribution in [1.82, 2.24) is 0 Å². The van der Waals surface area contributed by atoms with Gasteiger partial charge in [0.2, 0.25) is 0 Å². The molecule has 5 rings (SSSR count). The van der Waals surface area contributed by atoms with Crippen molar-refractivity contribution in [3.8, 4) is 0 Å². The van der Waals surface area contributed by atoms with Gasteiger partial charge in [0.05, 0.1) is 0 Å². The van der Waals surface area contributed by atoms with E-state index in [9.17, 15) is 0 Å². The first-order valence-electron chi connectivity index (χ1n) is 10.8. The SMILES string of the molecule is CCCCCC1CCCc2c1ccc1c2ccc2ccccc21.c1ccsc1. The second-order valence-electron chi connectivity index (χ2n) is 7.89. The molecule has 0 radical (unpaired) electrons. The summed E-state index contributed by atoms with van der Waals surface area (Å²) in [6, 6.07) is 22.3. The minimum atomic E-state index is 0.793. The zero-order chi connectivity index (χ0) is 19.2. The second kappa shape index (κ2) is 9.39. The van der Waals surface area contributed by atoms with Gasteiger partial charge in [-0.25, -0.2) is 0 Å². The van der Waals surface area contributed by atoms with E-state index >= 15 is 0 Å². The van der Waals surface area contributed by atoms with E-state index in [1.54, 1.807) is 22.5 Å². The minimum absolute atomic E-state index is 0.793. The van der Waals surface area contributed by atoms with Gasteiger partial charge in [-0.1, -0.05) is 86.8 Å². The maximum absolute atomic E-state index is 2.44. The topological polar surface area (TPSA) is 0 Å². The molecule has 0 N–H and O–H groups in total. The summed E-state index contributed by atoms with van der Waals surface area (Å²) < 4.78 is 0. The molecule has 0 aliphatic heterocycles. The summed E-state index contributed by atoms with van der Waals surface area (Å²) in [6.07, 6.45) is 9.46. The number of rotatable bonds is 4. The highest BCUT2D eigenvalue weighted by Gasteiger charge is 2.21. The van der Waals surface area contributed by atoms with Crippen molar-refractivity contribution in [2.24, 2.45) is 0 Å². The highest BCUT2D eigenvalue weighted by Crippen LogP contribution is 2.40. The lowest BCUT2D eigenvalue weighted by molar-refractivity contribution is 0.495. The molecule has 1 heterocycles. The Labute approximate surface area is 173 Å². The van der Waals surface area contributed by atoms with Crippen LogP contribution in [0.15, 0.2) is 71.4 Å². The maximum Gasteiger partial charge on any atom is -0.00934 e. The van der Waals surface area contributed by atoms with Crippen LogP contribution in [0.5, 0.6) is 0 Å². The first-order valence-corrected chi connectivity index (χ1v) is 11.7. The molecule has 1 aromatic heterocycles. The van der Waals surface area contributed by atoms with Crippen molar-refractivity contribution in [3.63, 3.8) is 0 Å². The van der Waals surface area contributed by atoms with E-state index < -0.39 is 0 Å². The van der Waals surface area contributed by atoms with Crippen LogP contribution in [0, 0.1) is 0 Å². The summed E-state index contributed by atoms with van der Waals surface area (Å²) in [7, 11) is 0. The van der Waals surface area contributed by atoms with Gasteiger partial charge in [-0.2, -0.15) is 11.3 Å². The number of hydrogen-bond acceptors (Lipinski definition) is 1. The summed E-state index contributed by atoms with van der Waals surface area (Å²) in [5.74, 6) is 0.793. The Morgan fingerprint density at radius 2 is 1.64 bits per heavy atom. The molecule has 1 aliphatic rings. The molecule has 0 nitrogen and oxygen atoms in total. The quantitative estimate of drug-likeness (QED) is 0.243. The molecule has 28 heavy (non-hydrogen) atoms. The van der Waals surface area contributed by atoms with Crippen LogP contribution >= 0.6 is 11.3 Å². The van der Waals surface area contributed by atoms with E-state index in [1.807, 2.05) is 22.9 Å². The van der Waals surface area contributed by atoms with Gasteiger partial charge in [-0.3, -0.25) is 0 Å². The molecule has 144 valence electrons. The van der Waals surface area contributed by atoms with Crippen LogP contribution in [0.4, 0.5) is 0 Å². The number of unbranched alkanes of at least 4 members (excludes halogenated alkanes) is 2. The molecule has 1 atom stereocenters. The Morgan fingerprint density at radius 3 is 2.43 bits per heavy atom. The van der Waals surface area contributed by atoms with Crippen molar-refractivity contribution in [2.75, 3.05) is 0 Å². The normalized spacial score (nSPS) is 15.8. The Balaban J connectivity index is 0.000000336. The zero-order valence-corrected chi connectivity index (χ0v) is 17.7. The van der Waals surface area contributed by atoms with E-state index in [2.05, 4.69) is 55.5 Å². The molecule has 1 unspecified atom stereocenters. The molecule has 3 aromatic carbocycles. The number of fused-ring (bicyclic) bond motifs is 5. The summed E-state index contributed by atoms with van der Waals surface area (Å²) >= 11 is 1.71. The molecule has 0 saturated carbocycles. The average molecular weight is 387 g/mol. The highest BCUT2D eigenvalue weighted by molar-refractivity contribution is 7.07. The lowest BCUT2D eigenvalue weighted by Gasteiger charge is -2.27. The van der Waals surface area contributed by atoms with Crippen LogP contribution < -0.4 is 0 Å². The Bertz CT molecular complexity index is 996. The fourth-order valence-electron chi connectivity index (χ4n) is 4.68. The minimum Gasteiger partial charge on any atom is -0.152 e. The molecular weight excluding hydrogens is 356 g/mol. The molecule has 0 amide bonds. The third kappa shape index (κ3) is 4.15. The summed E-state index contributed by atoms with van der Waals surface area (Å²) in [4.78, 5) is 0. The van der Waals surface area contributed by atoms with Crippen LogP contribution in [0.2, 0.25) is 0 Å². The zero-order valence-electron chi connectivity index (χ0n) is 16.9.